The molecule has 11 nitrogen and oxygen atoms in total. The van der Waals surface area contributed by atoms with E-state index in [2.05, 4.69) is 61.8 Å². The lowest BCUT2D eigenvalue weighted by atomic mass is 9.96. The molecule has 3 amide bonds. The van der Waals surface area contributed by atoms with Crippen LogP contribution in [0, 0.1) is 0 Å². The van der Waals surface area contributed by atoms with Gasteiger partial charge in [-0.15, -0.1) is 0 Å². The number of pyridine rings is 1. The molecule has 3 aromatic rings. The highest BCUT2D eigenvalue weighted by Gasteiger charge is 2.35. The maximum Gasteiger partial charge on any atom is 0.410 e. The van der Waals surface area contributed by atoms with Crippen molar-refractivity contribution in [2.45, 2.75) is 90.4 Å². The maximum atomic E-state index is 12.8. The first kappa shape index (κ1) is 29.3. The molecule has 0 unspecified atom stereocenters. The standard InChI is InChI=1S/C31H42N8O3/c1-20-18-38(19-21(2)39(20)30(41)42-31(3,4)5)25-14-12-24(13-15-25)33-28-32-17-22-11-16-26(35-27(22)37-28)36-29(40)34-23-9-7-6-8-10-23/h11-17,20-21,23H,6-10,18-19H2,1-5H3,(H3,32,33,34,35,36,37,40)/t20-,21+. The molecule has 224 valence electrons. The third-order valence-electron chi connectivity index (χ3n) is 7.64. The minimum absolute atomic E-state index is 0.0117. The molecule has 0 radical (unpaired) electrons. The molecule has 1 saturated carbocycles. The van der Waals surface area contributed by atoms with Gasteiger partial charge in [0.25, 0.3) is 0 Å². The average molecular weight is 575 g/mol. The first-order valence-electron chi connectivity index (χ1n) is 14.9. The molecule has 0 spiro atoms. The first-order chi connectivity index (χ1) is 20.0. The summed E-state index contributed by atoms with van der Waals surface area (Å²) < 4.78 is 5.63. The van der Waals surface area contributed by atoms with Crippen LogP contribution in [0.5, 0.6) is 0 Å². The van der Waals surface area contributed by atoms with E-state index in [-0.39, 0.29) is 30.2 Å². The molecule has 1 aliphatic heterocycles. The van der Waals surface area contributed by atoms with Crippen molar-refractivity contribution in [2.75, 3.05) is 28.6 Å². The first-order valence-corrected chi connectivity index (χ1v) is 14.9. The number of amides is 3. The Kier molecular flexibility index (Phi) is 8.65. The molecule has 3 heterocycles. The maximum absolute atomic E-state index is 12.8. The minimum atomic E-state index is -0.523. The number of anilines is 4. The van der Waals surface area contributed by atoms with Crippen molar-refractivity contribution < 1.29 is 14.3 Å². The second-order valence-electron chi connectivity index (χ2n) is 12.4. The van der Waals surface area contributed by atoms with Crippen molar-refractivity contribution in [3.8, 4) is 0 Å². The van der Waals surface area contributed by atoms with Crippen LogP contribution in [0.25, 0.3) is 11.0 Å². The Morgan fingerprint density at radius 1 is 0.929 bits per heavy atom. The normalized spacial score (nSPS) is 19.8. The summed E-state index contributed by atoms with van der Waals surface area (Å²) in [4.78, 5) is 42.9. The Morgan fingerprint density at radius 3 is 2.29 bits per heavy atom. The second kappa shape index (κ2) is 12.4. The number of nitrogens with one attached hydrogen (secondary N) is 3. The Labute approximate surface area is 247 Å². The van der Waals surface area contributed by atoms with E-state index in [1.54, 1.807) is 12.3 Å². The number of hydrogen-bond acceptors (Lipinski definition) is 8. The Hall–Kier alpha value is -4.15. The summed E-state index contributed by atoms with van der Waals surface area (Å²) in [6.07, 6.45) is 7.02. The van der Waals surface area contributed by atoms with Crippen LogP contribution in [-0.2, 0) is 4.74 Å². The van der Waals surface area contributed by atoms with Gasteiger partial charge in [-0.05, 0) is 83.9 Å². The number of rotatable bonds is 5. The van der Waals surface area contributed by atoms with Crippen LogP contribution in [0.4, 0.5) is 32.7 Å². The topological polar surface area (TPSA) is 125 Å². The van der Waals surface area contributed by atoms with Gasteiger partial charge < -0.3 is 20.3 Å². The van der Waals surface area contributed by atoms with Gasteiger partial charge in [-0.25, -0.2) is 19.6 Å². The van der Waals surface area contributed by atoms with Crippen LogP contribution in [0.1, 0.15) is 66.7 Å². The molecular formula is C31H42N8O3. The highest BCUT2D eigenvalue weighted by molar-refractivity contribution is 5.90. The molecule has 1 aromatic carbocycles. The van der Waals surface area contributed by atoms with E-state index in [4.69, 9.17) is 4.74 Å². The molecule has 5 rings (SSSR count). The Balaban J connectivity index is 1.20. The summed E-state index contributed by atoms with van der Waals surface area (Å²) in [6.45, 7) is 11.2. The summed E-state index contributed by atoms with van der Waals surface area (Å²) in [5, 5.41) is 9.92. The van der Waals surface area contributed by atoms with E-state index >= 15 is 0 Å². The third kappa shape index (κ3) is 7.37. The van der Waals surface area contributed by atoms with Gasteiger partial charge in [0, 0.05) is 42.1 Å². The number of hydrogen-bond donors (Lipinski definition) is 3. The van der Waals surface area contributed by atoms with Crippen molar-refractivity contribution >= 4 is 46.3 Å². The monoisotopic (exact) mass is 574 g/mol. The number of piperazine rings is 1. The molecule has 3 N–H and O–H groups in total. The smallest absolute Gasteiger partial charge is 0.410 e. The van der Waals surface area contributed by atoms with Gasteiger partial charge in [-0.3, -0.25) is 10.2 Å². The van der Waals surface area contributed by atoms with E-state index in [0.717, 1.165) is 42.4 Å². The van der Waals surface area contributed by atoms with Gasteiger partial charge in [0.1, 0.15) is 11.4 Å². The number of benzene rings is 1. The lowest BCUT2D eigenvalue weighted by Gasteiger charge is -2.45. The zero-order valence-electron chi connectivity index (χ0n) is 25.2. The van der Waals surface area contributed by atoms with Gasteiger partial charge in [-0.2, -0.15) is 4.98 Å². The predicted molar refractivity (Wildman–Crippen MR) is 165 cm³/mol. The zero-order chi connectivity index (χ0) is 29.9. The van der Waals surface area contributed by atoms with Crippen molar-refractivity contribution in [1.82, 2.24) is 25.2 Å². The van der Waals surface area contributed by atoms with Crippen molar-refractivity contribution in [2.24, 2.45) is 0 Å². The largest absolute Gasteiger partial charge is 0.444 e. The highest BCUT2D eigenvalue weighted by atomic mass is 16.6. The van der Waals surface area contributed by atoms with Crippen LogP contribution >= 0.6 is 0 Å². The quantitative estimate of drug-likeness (QED) is 0.336. The summed E-state index contributed by atoms with van der Waals surface area (Å²) in [5.74, 6) is 0.861. The number of urea groups is 1. The highest BCUT2D eigenvalue weighted by Crippen LogP contribution is 2.26. The number of carbonyl (C=O) groups is 2. The molecule has 1 saturated heterocycles. The molecular weight excluding hydrogens is 532 g/mol. The van der Waals surface area contributed by atoms with E-state index in [1.807, 2.05) is 43.9 Å². The van der Waals surface area contributed by atoms with Crippen LogP contribution in [0.2, 0.25) is 0 Å². The fourth-order valence-electron chi connectivity index (χ4n) is 5.72. The summed E-state index contributed by atoms with van der Waals surface area (Å²) >= 11 is 0. The van der Waals surface area contributed by atoms with Gasteiger partial charge in [0.2, 0.25) is 5.95 Å². The van der Waals surface area contributed by atoms with Crippen LogP contribution in [0.15, 0.2) is 42.6 Å². The van der Waals surface area contributed by atoms with E-state index in [1.165, 1.54) is 6.42 Å². The van der Waals surface area contributed by atoms with Crippen molar-refractivity contribution in [3.05, 3.63) is 42.6 Å². The number of carbonyl (C=O) groups excluding carboxylic acids is 2. The predicted octanol–water partition coefficient (Wildman–Crippen LogP) is 6.06. The molecule has 2 aromatic heterocycles. The van der Waals surface area contributed by atoms with E-state index in [0.29, 0.717) is 30.5 Å². The van der Waals surface area contributed by atoms with Crippen LogP contribution in [-0.4, -0.2) is 68.8 Å². The van der Waals surface area contributed by atoms with Crippen molar-refractivity contribution in [3.63, 3.8) is 0 Å². The molecule has 2 atom stereocenters. The third-order valence-corrected chi connectivity index (χ3v) is 7.64. The lowest BCUT2D eigenvalue weighted by molar-refractivity contribution is 0.00565. The minimum Gasteiger partial charge on any atom is -0.444 e. The number of aromatic nitrogens is 3. The molecule has 1 aliphatic carbocycles. The molecule has 0 bridgehead atoms. The van der Waals surface area contributed by atoms with E-state index in [9.17, 15) is 9.59 Å². The fourth-order valence-corrected chi connectivity index (χ4v) is 5.72. The fraction of sp³-hybridized carbons (Fsp3) is 0.516. The van der Waals surface area contributed by atoms with Gasteiger partial charge in [0.15, 0.2) is 5.65 Å². The van der Waals surface area contributed by atoms with Crippen molar-refractivity contribution in [1.29, 1.82) is 0 Å². The van der Waals surface area contributed by atoms with Gasteiger partial charge in [-0.1, -0.05) is 19.3 Å². The van der Waals surface area contributed by atoms with Crippen LogP contribution in [0.3, 0.4) is 0 Å². The number of nitrogens with zero attached hydrogens (tertiary/aromatic N) is 5. The van der Waals surface area contributed by atoms with Crippen LogP contribution < -0.4 is 20.9 Å². The Morgan fingerprint density at radius 2 is 1.62 bits per heavy atom. The molecule has 2 fully saturated rings. The number of ether oxygens (including phenoxy) is 1. The zero-order valence-corrected chi connectivity index (χ0v) is 25.2. The summed E-state index contributed by atoms with van der Waals surface area (Å²) in [7, 11) is 0. The summed E-state index contributed by atoms with van der Waals surface area (Å²) in [5.41, 5.74) is 1.88. The summed E-state index contributed by atoms with van der Waals surface area (Å²) in [6, 6.07) is 11.7. The molecule has 11 heteroatoms. The van der Waals surface area contributed by atoms with Gasteiger partial charge >= 0.3 is 12.1 Å². The SMILES string of the molecule is C[C@@H]1CN(c2ccc(Nc3ncc4ccc(NC(=O)NC5CCCCC5)nc4n3)cc2)C[C@H](C)N1C(=O)OC(C)(C)C. The van der Waals surface area contributed by atoms with E-state index < -0.39 is 5.60 Å². The average Bonchev–Trinajstić information content (AvgIpc) is 2.92. The van der Waals surface area contributed by atoms with Gasteiger partial charge in [0.05, 0.1) is 12.1 Å². The Bertz CT molecular complexity index is 1390. The molecule has 2 aliphatic rings. The molecule has 42 heavy (non-hydrogen) atoms. The second-order valence-corrected chi connectivity index (χ2v) is 12.4. The lowest BCUT2D eigenvalue weighted by Crippen LogP contribution is -2.59. The number of fused-ring (bicyclic) bond motifs is 1.